The van der Waals surface area contributed by atoms with Crippen molar-refractivity contribution in [2.24, 2.45) is 11.8 Å². The number of methoxy groups -OCH3 is 2. The van der Waals surface area contributed by atoms with Crippen LogP contribution >= 0.6 is 0 Å². The maximum atomic E-state index is 13.1. The van der Waals surface area contributed by atoms with Crippen molar-refractivity contribution in [2.45, 2.75) is 38.8 Å². The van der Waals surface area contributed by atoms with Crippen molar-refractivity contribution in [3.8, 4) is 22.6 Å². The third-order valence-electron chi connectivity index (χ3n) is 7.75. The number of aromatic nitrogens is 2. The largest absolute Gasteiger partial charge is 0.496 e. The SMILES string of the molecule is COc1cccc(OC)c1-c1cn(COCC[Si](C)(C)C)c2nc(NC(=O)C3CC3CN3CCOCC3)ccc12. The molecule has 2 atom stereocenters. The summed E-state index contributed by atoms with van der Waals surface area (Å²) in [5.41, 5.74) is 2.55. The van der Waals surface area contributed by atoms with E-state index in [0.717, 1.165) is 79.0 Å². The Bertz CT molecular complexity index is 1310. The maximum absolute atomic E-state index is 13.1. The molecule has 0 radical (unpaired) electrons. The summed E-state index contributed by atoms with van der Waals surface area (Å²) in [4.78, 5) is 20.4. The number of benzene rings is 1. The van der Waals surface area contributed by atoms with Gasteiger partial charge in [0.05, 0.1) is 33.0 Å². The van der Waals surface area contributed by atoms with Gasteiger partial charge >= 0.3 is 0 Å². The molecule has 1 aromatic carbocycles. The zero-order valence-corrected chi connectivity index (χ0v) is 25.4. The second-order valence-corrected chi connectivity index (χ2v) is 17.6. The first-order chi connectivity index (χ1) is 19.3. The van der Waals surface area contributed by atoms with Gasteiger partial charge < -0.3 is 28.8 Å². The molecule has 0 spiro atoms. The first kappa shape index (κ1) is 28.6. The molecule has 0 bridgehead atoms. The minimum atomic E-state index is -1.21. The molecule has 2 aliphatic rings. The fourth-order valence-electron chi connectivity index (χ4n) is 5.29. The Balaban J connectivity index is 1.38. The zero-order valence-electron chi connectivity index (χ0n) is 24.4. The third kappa shape index (κ3) is 6.68. The molecule has 216 valence electrons. The monoisotopic (exact) mass is 566 g/mol. The van der Waals surface area contributed by atoms with Crippen molar-refractivity contribution in [3.05, 3.63) is 36.5 Å². The highest BCUT2D eigenvalue weighted by Gasteiger charge is 2.43. The fourth-order valence-corrected chi connectivity index (χ4v) is 6.05. The van der Waals surface area contributed by atoms with Crippen LogP contribution < -0.4 is 14.8 Å². The first-order valence-corrected chi connectivity index (χ1v) is 17.9. The van der Waals surface area contributed by atoms with Crippen molar-refractivity contribution >= 4 is 30.8 Å². The molecule has 40 heavy (non-hydrogen) atoms. The molecule has 3 heterocycles. The maximum Gasteiger partial charge on any atom is 0.228 e. The number of amides is 1. The van der Waals surface area contributed by atoms with E-state index in [1.807, 2.05) is 41.1 Å². The number of hydrogen-bond donors (Lipinski definition) is 1. The Labute approximate surface area is 237 Å². The summed E-state index contributed by atoms with van der Waals surface area (Å²) in [6.45, 7) is 12.5. The number of fused-ring (bicyclic) bond motifs is 1. The smallest absolute Gasteiger partial charge is 0.228 e. The number of rotatable bonds is 12. The highest BCUT2D eigenvalue weighted by molar-refractivity contribution is 6.76. The van der Waals surface area contributed by atoms with E-state index >= 15 is 0 Å². The number of nitrogens with zero attached hydrogens (tertiary/aromatic N) is 3. The summed E-state index contributed by atoms with van der Waals surface area (Å²) in [6.07, 6.45) is 2.96. The van der Waals surface area contributed by atoms with Crippen LogP contribution in [0.3, 0.4) is 0 Å². The summed E-state index contributed by atoms with van der Waals surface area (Å²) >= 11 is 0. The van der Waals surface area contributed by atoms with E-state index in [2.05, 4.69) is 29.9 Å². The van der Waals surface area contributed by atoms with Gasteiger partial charge in [0.1, 0.15) is 29.7 Å². The molecule has 1 aliphatic heterocycles. The van der Waals surface area contributed by atoms with Gasteiger partial charge in [0.15, 0.2) is 0 Å². The van der Waals surface area contributed by atoms with Crippen LogP contribution in [-0.2, 0) is 21.0 Å². The van der Waals surface area contributed by atoms with Crippen molar-refractivity contribution in [2.75, 3.05) is 59.0 Å². The molecular formula is C30H42N4O5Si. The number of carbonyl (C=O) groups is 1. The summed E-state index contributed by atoms with van der Waals surface area (Å²) in [5, 5.41) is 4.02. The fraction of sp³-hybridized carbons (Fsp3) is 0.533. The lowest BCUT2D eigenvalue weighted by molar-refractivity contribution is -0.117. The van der Waals surface area contributed by atoms with Crippen LogP contribution in [0.2, 0.25) is 25.7 Å². The minimum Gasteiger partial charge on any atom is -0.496 e. The normalized spacial score (nSPS) is 19.5. The quantitative estimate of drug-likeness (QED) is 0.245. The Hall–Kier alpha value is -2.92. The third-order valence-corrected chi connectivity index (χ3v) is 9.46. The van der Waals surface area contributed by atoms with Crippen LogP contribution in [-0.4, -0.2) is 82.1 Å². The van der Waals surface area contributed by atoms with E-state index in [0.29, 0.717) is 25.1 Å². The van der Waals surface area contributed by atoms with Gasteiger partial charge in [0, 0.05) is 57.4 Å². The van der Waals surface area contributed by atoms with E-state index in [1.165, 1.54) is 0 Å². The van der Waals surface area contributed by atoms with Crippen LogP contribution in [0, 0.1) is 11.8 Å². The average molecular weight is 567 g/mol. The van der Waals surface area contributed by atoms with E-state index in [-0.39, 0.29) is 11.8 Å². The molecule has 3 aromatic rings. The molecule has 1 N–H and O–H groups in total. The van der Waals surface area contributed by atoms with Gasteiger partial charge in [-0.25, -0.2) is 4.98 Å². The summed E-state index contributed by atoms with van der Waals surface area (Å²) in [6, 6.07) is 10.7. The number of carbonyl (C=O) groups excluding carboxylic acids is 1. The van der Waals surface area contributed by atoms with Crippen LogP contribution in [0.25, 0.3) is 22.2 Å². The molecule has 10 heteroatoms. The molecule has 5 rings (SSSR count). The highest BCUT2D eigenvalue weighted by Crippen LogP contribution is 2.43. The van der Waals surface area contributed by atoms with Crippen LogP contribution in [0.5, 0.6) is 11.5 Å². The predicted octanol–water partition coefficient (Wildman–Crippen LogP) is 4.94. The molecule has 2 unspecified atom stereocenters. The standard InChI is InChI=1S/C30H42N4O5Si/c1-36-25-7-6-8-26(37-2)28(25)24-19-34(20-39-15-16-40(3,4)5)29-22(24)9-10-27(31-29)32-30(35)23-17-21(23)18-33-11-13-38-14-12-33/h6-10,19,21,23H,11-18,20H2,1-5H3,(H,31,32,35). The minimum absolute atomic E-state index is 0.0328. The van der Waals surface area contributed by atoms with Gasteiger partial charge in [-0.05, 0) is 42.6 Å². The van der Waals surface area contributed by atoms with Gasteiger partial charge in [0.2, 0.25) is 5.91 Å². The molecule has 1 aliphatic carbocycles. The lowest BCUT2D eigenvalue weighted by Gasteiger charge is -2.26. The number of nitrogens with one attached hydrogen (secondary N) is 1. The molecular weight excluding hydrogens is 524 g/mol. The molecule has 9 nitrogen and oxygen atoms in total. The second kappa shape index (κ2) is 12.3. The molecule has 1 amide bonds. The van der Waals surface area contributed by atoms with E-state index in [1.54, 1.807) is 14.2 Å². The van der Waals surface area contributed by atoms with E-state index < -0.39 is 8.07 Å². The number of hydrogen-bond acceptors (Lipinski definition) is 7. The van der Waals surface area contributed by atoms with Crippen LogP contribution in [0.1, 0.15) is 6.42 Å². The van der Waals surface area contributed by atoms with E-state index in [9.17, 15) is 4.79 Å². The van der Waals surface area contributed by atoms with Crippen LogP contribution in [0.4, 0.5) is 5.82 Å². The van der Waals surface area contributed by atoms with Crippen molar-refractivity contribution in [1.29, 1.82) is 0 Å². The Kier molecular flexibility index (Phi) is 8.79. The Morgan fingerprint density at radius 1 is 1.10 bits per heavy atom. The van der Waals surface area contributed by atoms with Gasteiger partial charge in [-0.15, -0.1) is 0 Å². The zero-order chi connectivity index (χ0) is 28.3. The van der Waals surface area contributed by atoms with Crippen molar-refractivity contribution < 1.29 is 23.7 Å². The Morgan fingerprint density at radius 2 is 1.82 bits per heavy atom. The van der Waals surface area contributed by atoms with E-state index in [4.69, 9.17) is 23.9 Å². The lowest BCUT2D eigenvalue weighted by Crippen LogP contribution is -2.38. The highest BCUT2D eigenvalue weighted by atomic mass is 28.3. The summed E-state index contributed by atoms with van der Waals surface area (Å²) < 4.78 is 25.0. The molecule has 2 fully saturated rings. The summed E-state index contributed by atoms with van der Waals surface area (Å²) in [5.74, 6) is 2.46. The van der Waals surface area contributed by atoms with Crippen molar-refractivity contribution in [1.82, 2.24) is 14.5 Å². The van der Waals surface area contributed by atoms with Crippen LogP contribution in [0.15, 0.2) is 36.5 Å². The van der Waals surface area contributed by atoms with Crippen molar-refractivity contribution in [3.63, 3.8) is 0 Å². The number of ether oxygens (including phenoxy) is 4. The molecule has 2 aromatic heterocycles. The van der Waals surface area contributed by atoms with Gasteiger partial charge in [-0.1, -0.05) is 25.7 Å². The topological polar surface area (TPSA) is 87.1 Å². The average Bonchev–Trinajstić information content (AvgIpc) is 3.63. The first-order valence-electron chi connectivity index (χ1n) is 14.2. The second-order valence-electron chi connectivity index (χ2n) is 12.0. The summed E-state index contributed by atoms with van der Waals surface area (Å²) in [7, 11) is 2.11. The molecule has 1 saturated carbocycles. The number of anilines is 1. The van der Waals surface area contributed by atoms with Gasteiger partial charge in [-0.2, -0.15) is 0 Å². The number of pyridine rings is 1. The predicted molar refractivity (Wildman–Crippen MR) is 160 cm³/mol. The van der Waals surface area contributed by atoms with Gasteiger partial charge in [-0.3, -0.25) is 9.69 Å². The van der Waals surface area contributed by atoms with Gasteiger partial charge in [0.25, 0.3) is 0 Å². The lowest BCUT2D eigenvalue weighted by atomic mass is 10.0. The Morgan fingerprint density at radius 3 is 2.50 bits per heavy atom. The number of morpholine rings is 1. The molecule has 1 saturated heterocycles.